The number of carbonyl (C=O) groups is 1. The van der Waals surface area contributed by atoms with Crippen LogP contribution in [0.2, 0.25) is 0 Å². The van der Waals surface area contributed by atoms with Crippen molar-refractivity contribution >= 4 is 33.2 Å². The van der Waals surface area contributed by atoms with Crippen LogP contribution in [0, 0.1) is 6.92 Å². The number of fused-ring (bicyclic) bond motifs is 1. The van der Waals surface area contributed by atoms with E-state index in [-0.39, 0.29) is 17.4 Å². The number of aromatic nitrogens is 4. The summed E-state index contributed by atoms with van der Waals surface area (Å²) in [5.41, 5.74) is 3.47. The molecule has 4 heterocycles. The van der Waals surface area contributed by atoms with Crippen molar-refractivity contribution < 1.29 is 24.2 Å². The Hall–Kier alpha value is -4.43. The smallest absolute Gasteiger partial charge is 0.310 e. The molecular weight excluding hydrogens is 577 g/mol. The van der Waals surface area contributed by atoms with E-state index in [1.807, 2.05) is 29.7 Å². The molecule has 0 radical (unpaired) electrons. The molecule has 8 nitrogen and oxygen atoms in total. The van der Waals surface area contributed by atoms with Gasteiger partial charge in [0.1, 0.15) is 10.5 Å². The van der Waals surface area contributed by atoms with Gasteiger partial charge in [-0.1, -0.05) is 25.5 Å². The standard InChI is InChI=1S/C28H26F5N7OS/c1-19-4-5-22(15-26(19)39-11-12-40-27(39)17-25(37-40)20-3-2-6-35-18-20)36-28(41)21-13-23(38-9-7-34-8-10-38)16-24(14-21)42(29,30,31,32)33/h2-6,11-18,34H,7-10H2,1H3,(H,36,41). The highest BCUT2D eigenvalue weighted by Crippen LogP contribution is 3.02. The molecule has 0 unspecified atom stereocenters. The summed E-state index contributed by atoms with van der Waals surface area (Å²) in [4.78, 5) is 16.8. The largest absolute Gasteiger partial charge is 0.369 e. The SMILES string of the molecule is Cc1ccc(NC(=O)c2cc(N3CCNCC3)cc(S(F)(F)(F)(F)F)c2)cc1-n1ccn2nc(-c3cccnc3)cc12. The molecule has 1 aliphatic rings. The molecule has 0 spiro atoms. The van der Waals surface area contributed by atoms with Crippen molar-refractivity contribution in [2.75, 3.05) is 36.4 Å². The summed E-state index contributed by atoms with van der Waals surface area (Å²) in [5, 5.41) is 10.2. The van der Waals surface area contributed by atoms with Gasteiger partial charge in [-0.15, -0.1) is 0 Å². The highest BCUT2D eigenvalue weighted by atomic mass is 32.5. The molecule has 1 saturated heterocycles. The van der Waals surface area contributed by atoms with E-state index in [0.29, 0.717) is 43.6 Å². The quantitative estimate of drug-likeness (QED) is 0.209. The Labute approximate surface area is 237 Å². The predicted molar refractivity (Wildman–Crippen MR) is 153 cm³/mol. The Morgan fingerprint density at radius 1 is 0.976 bits per heavy atom. The van der Waals surface area contributed by atoms with Gasteiger partial charge in [0.25, 0.3) is 5.91 Å². The van der Waals surface area contributed by atoms with Crippen LogP contribution in [0.25, 0.3) is 22.6 Å². The monoisotopic (exact) mass is 603 g/mol. The maximum absolute atomic E-state index is 13.9. The minimum atomic E-state index is -10.1. The average molecular weight is 604 g/mol. The van der Waals surface area contributed by atoms with Crippen LogP contribution in [0.3, 0.4) is 0 Å². The van der Waals surface area contributed by atoms with Gasteiger partial charge in [0.2, 0.25) is 0 Å². The first kappa shape index (κ1) is 27.7. The molecule has 0 aliphatic carbocycles. The summed E-state index contributed by atoms with van der Waals surface area (Å²) < 4.78 is 73.0. The molecule has 6 rings (SSSR count). The van der Waals surface area contributed by atoms with E-state index in [1.165, 1.54) is 6.07 Å². The van der Waals surface area contributed by atoms with Gasteiger partial charge in [0.15, 0.2) is 0 Å². The molecule has 3 aromatic heterocycles. The third-order valence-corrected chi connectivity index (χ3v) is 8.21. The zero-order valence-electron chi connectivity index (χ0n) is 22.3. The third-order valence-electron chi connectivity index (χ3n) is 7.08. The van der Waals surface area contributed by atoms with Gasteiger partial charge in [-0.05, 0) is 55.0 Å². The number of halogens is 5. The minimum Gasteiger partial charge on any atom is -0.369 e. The second kappa shape index (κ2) is 9.29. The van der Waals surface area contributed by atoms with Crippen LogP contribution in [0.1, 0.15) is 15.9 Å². The van der Waals surface area contributed by atoms with E-state index in [4.69, 9.17) is 0 Å². The van der Waals surface area contributed by atoms with Gasteiger partial charge in [-0.3, -0.25) is 14.3 Å². The Bertz CT molecular complexity index is 1820. The van der Waals surface area contributed by atoms with Crippen LogP contribution in [-0.2, 0) is 0 Å². The lowest BCUT2D eigenvalue weighted by Crippen LogP contribution is -2.43. The number of nitrogens with zero attached hydrogens (tertiary/aromatic N) is 5. The number of piperazine rings is 1. The van der Waals surface area contributed by atoms with E-state index >= 15 is 0 Å². The van der Waals surface area contributed by atoms with E-state index in [2.05, 4.69) is 20.7 Å². The normalized spacial score (nSPS) is 15.8. The number of benzene rings is 2. The summed E-state index contributed by atoms with van der Waals surface area (Å²) in [6.07, 6.45) is 6.93. The summed E-state index contributed by atoms with van der Waals surface area (Å²) in [5.74, 6) is -0.939. The van der Waals surface area contributed by atoms with Gasteiger partial charge in [0.05, 0.1) is 11.4 Å². The highest BCUT2D eigenvalue weighted by Gasteiger charge is 2.65. The maximum atomic E-state index is 13.9. The lowest BCUT2D eigenvalue weighted by atomic mass is 10.1. The van der Waals surface area contributed by atoms with E-state index in [9.17, 15) is 24.2 Å². The van der Waals surface area contributed by atoms with Crippen LogP contribution in [-0.4, -0.2) is 51.3 Å². The maximum Gasteiger partial charge on any atom is 0.310 e. The second-order valence-corrected chi connectivity index (χ2v) is 12.5. The number of hydrogen-bond acceptors (Lipinski definition) is 5. The predicted octanol–water partition coefficient (Wildman–Crippen LogP) is 6.81. The first-order chi connectivity index (χ1) is 19.7. The van der Waals surface area contributed by atoms with Gasteiger partial charge < -0.3 is 15.5 Å². The molecule has 220 valence electrons. The molecule has 0 bridgehead atoms. The molecule has 0 saturated carbocycles. The molecule has 1 fully saturated rings. The van der Waals surface area contributed by atoms with Crippen molar-refractivity contribution in [1.29, 1.82) is 0 Å². The fraction of sp³-hybridized carbons (Fsp3) is 0.179. The van der Waals surface area contributed by atoms with Gasteiger partial charge in [-0.25, -0.2) is 4.52 Å². The van der Waals surface area contributed by atoms with E-state index in [1.54, 1.807) is 52.4 Å². The fourth-order valence-corrected chi connectivity index (χ4v) is 5.63. The summed E-state index contributed by atoms with van der Waals surface area (Å²) in [6.45, 7) is 3.45. The van der Waals surface area contributed by atoms with Crippen LogP contribution in [0.4, 0.5) is 30.8 Å². The molecule has 1 aliphatic heterocycles. The summed E-state index contributed by atoms with van der Waals surface area (Å²) in [6, 6.07) is 12.4. The first-order valence-corrected chi connectivity index (χ1v) is 14.9. The summed E-state index contributed by atoms with van der Waals surface area (Å²) >= 11 is 0. The molecule has 14 heteroatoms. The zero-order chi connectivity index (χ0) is 29.8. The lowest BCUT2D eigenvalue weighted by molar-refractivity contribution is 0.102. The van der Waals surface area contributed by atoms with Crippen molar-refractivity contribution in [3.05, 3.63) is 90.5 Å². The van der Waals surface area contributed by atoms with Crippen molar-refractivity contribution in [2.24, 2.45) is 0 Å². The average Bonchev–Trinajstić information content (AvgIpc) is 3.55. The van der Waals surface area contributed by atoms with Crippen molar-refractivity contribution in [3.63, 3.8) is 0 Å². The number of aryl methyl sites for hydroxylation is 1. The molecule has 5 aromatic rings. The number of amides is 1. The number of hydrogen-bond donors (Lipinski definition) is 2. The number of carbonyl (C=O) groups excluding carboxylic acids is 1. The topological polar surface area (TPSA) is 79.5 Å². The number of anilines is 2. The Kier molecular flexibility index (Phi) is 6.13. The van der Waals surface area contributed by atoms with Crippen molar-refractivity contribution in [2.45, 2.75) is 11.8 Å². The Morgan fingerprint density at radius 3 is 2.48 bits per heavy atom. The van der Waals surface area contributed by atoms with Crippen LogP contribution in [0.5, 0.6) is 0 Å². The fourth-order valence-electron chi connectivity index (χ4n) is 4.93. The number of nitrogens with one attached hydrogen (secondary N) is 2. The van der Waals surface area contributed by atoms with Crippen molar-refractivity contribution in [3.8, 4) is 16.9 Å². The summed E-state index contributed by atoms with van der Waals surface area (Å²) in [7, 11) is -10.1. The van der Waals surface area contributed by atoms with Crippen molar-refractivity contribution in [1.82, 2.24) is 24.5 Å². The molecule has 42 heavy (non-hydrogen) atoms. The van der Waals surface area contributed by atoms with Crippen LogP contribution in [0.15, 0.2) is 84.3 Å². The number of pyridine rings is 1. The van der Waals surface area contributed by atoms with E-state index < -0.39 is 26.6 Å². The van der Waals surface area contributed by atoms with Gasteiger partial charge in [-0.2, -0.15) is 5.10 Å². The first-order valence-electron chi connectivity index (χ1n) is 13.0. The molecule has 0 atom stereocenters. The molecule has 2 N–H and O–H groups in total. The van der Waals surface area contributed by atoms with Crippen LogP contribution >= 0.6 is 10.2 Å². The third kappa shape index (κ3) is 5.54. The van der Waals surface area contributed by atoms with Gasteiger partial charge >= 0.3 is 10.2 Å². The number of imidazole rings is 1. The minimum absolute atomic E-state index is 0.0862. The van der Waals surface area contributed by atoms with Crippen LogP contribution < -0.4 is 15.5 Å². The molecular formula is C28H26F5N7OS. The Morgan fingerprint density at radius 2 is 1.76 bits per heavy atom. The zero-order valence-corrected chi connectivity index (χ0v) is 23.1. The number of rotatable bonds is 6. The van der Waals surface area contributed by atoms with Gasteiger partial charge in [0, 0.05) is 79.5 Å². The van der Waals surface area contributed by atoms with E-state index in [0.717, 1.165) is 16.8 Å². The second-order valence-electron chi connectivity index (χ2n) is 10.1. The Balaban J connectivity index is 1.34. The highest BCUT2D eigenvalue weighted by molar-refractivity contribution is 8.45. The molecule has 2 aromatic carbocycles. The molecule has 1 amide bonds. The lowest BCUT2D eigenvalue weighted by Gasteiger charge is -2.41.